The molecule has 8 rings (SSSR count). The molecule has 0 radical (unpaired) electrons. The molecule has 4 aliphatic heterocycles. The van der Waals surface area contributed by atoms with E-state index in [1.807, 2.05) is 19.6 Å². The summed E-state index contributed by atoms with van der Waals surface area (Å²) in [5.41, 5.74) is 0.279. The summed E-state index contributed by atoms with van der Waals surface area (Å²) in [6, 6.07) is 8.05. The van der Waals surface area contributed by atoms with Crippen molar-refractivity contribution in [2.24, 2.45) is 0 Å². The Labute approximate surface area is 402 Å². The molecular formula is C36H42N12Na2O10S2. The molecule has 22 nitrogen and oxygen atoms in total. The van der Waals surface area contributed by atoms with E-state index in [1.54, 1.807) is 0 Å². The van der Waals surface area contributed by atoms with E-state index in [2.05, 4.69) is 40.5 Å². The van der Waals surface area contributed by atoms with E-state index in [4.69, 9.17) is 18.9 Å². The number of hydrogen-bond donors (Lipinski definition) is 2. The average molecular weight is 913 g/mol. The van der Waals surface area contributed by atoms with Gasteiger partial charge in [0.1, 0.15) is 20.2 Å². The summed E-state index contributed by atoms with van der Waals surface area (Å²) >= 11 is 0. The minimum atomic E-state index is -5.08. The minimum absolute atomic E-state index is 0. The first-order valence-electron chi connectivity index (χ1n) is 19.2. The molecule has 4 saturated heterocycles. The summed E-state index contributed by atoms with van der Waals surface area (Å²) in [5.74, 6) is 1.86. The monoisotopic (exact) mass is 912 g/mol. The van der Waals surface area contributed by atoms with Gasteiger partial charge < -0.3 is 58.3 Å². The predicted octanol–water partition coefficient (Wildman–Crippen LogP) is -5.12. The molecule has 0 unspecified atom stereocenters. The fourth-order valence-electron chi connectivity index (χ4n) is 6.81. The summed E-state index contributed by atoms with van der Waals surface area (Å²) in [6.07, 6.45) is 2.49. The molecule has 2 aromatic carbocycles. The second kappa shape index (κ2) is 21.6. The zero-order chi connectivity index (χ0) is 41.7. The first-order chi connectivity index (χ1) is 29.0. The van der Waals surface area contributed by atoms with E-state index in [0.29, 0.717) is 129 Å². The Balaban J connectivity index is 0.00000321. The number of benzene rings is 2. The molecule has 62 heavy (non-hydrogen) atoms. The van der Waals surface area contributed by atoms with E-state index >= 15 is 0 Å². The molecule has 2 N–H and O–H groups in total. The maximum Gasteiger partial charge on any atom is 1.00 e. The van der Waals surface area contributed by atoms with Gasteiger partial charge in [0.05, 0.1) is 62.6 Å². The molecule has 0 bridgehead atoms. The zero-order valence-corrected chi connectivity index (χ0v) is 39.9. The maximum absolute atomic E-state index is 12.6. The molecule has 0 aliphatic carbocycles. The van der Waals surface area contributed by atoms with Crippen LogP contribution in [0.2, 0.25) is 0 Å². The van der Waals surface area contributed by atoms with Crippen molar-refractivity contribution in [2.75, 3.05) is 135 Å². The average Bonchev–Trinajstić information content (AvgIpc) is 3.26. The summed E-state index contributed by atoms with van der Waals surface area (Å²) in [5, 5.41) is 6.02. The van der Waals surface area contributed by atoms with E-state index < -0.39 is 30.0 Å². The van der Waals surface area contributed by atoms with Crippen molar-refractivity contribution in [1.29, 1.82) is 0 Å². The van der Waals surface area contributed by atoms with Crippen molar-refractivity contribution < 1.29 is 104 Å². The van der Waals surface area contributed by atoms with Crippen LogP contribution in [-0.2, 0) is 39.2 Å². The van der Waals surface area contributed by atoms with Crippen LogP contribution in [0.4, 0.5) is 47.1 Å². The third-order valence-corrected chi connectivity index (χ3v) is 11.7. The van der Waals surface area contributed by atoms with Crippen LogP contribution >= 0.6 is 0 Å². The van der Waals surface area contributed by atoms with Crippen molar-refractivity contribution in [3.05, 3.63) is 47.5 Å². The fourth-order valence-corrected chi connectivity index (χ4v) is 8.20. The molecule has 4 aromatic rings. The van der Waals surface area contributed by atoms with Gasteiger partial charge in [0, 0.05) is 63.7 Å². The number of nitrogens with one attached hydrogen (secondary N) is 2. The molecule has 4 fully saturated rings. The Morgan fingerprint density at radius 3 is 1.00 bits per heavy atom. The quantitative estimate of drug-likeness (QED) is 0.0765. The summed E-state index contributed by atoms with van der Waals surface area (Å²) < 4.78 is 97.5. The Bertz CT molecular complexity index is 2200. The van der Waals surface area contributed by atoms with Gasteiger partial charge in [-0.15, -0.1) is 0 Å². The van der Waals surface area contributed by atoms with Crippen LogP contribution in [0.3, 0.4) is 0 Å². The third kappa shape index (κ3) is 12.3. The fraction of sp³-hybridized carbons (Fsp3) is 0.444. The van der Waals surface area contributed by atoms with Crippen LogP contribution in [0.15, 0.2) is 46.2 Å². The van der Waals surface area contributed by atoms with Gasteiger partial charge in [-0.2, -0.15) is 29.9 Å². The van der Waals surface area contributed by atoms with Crippen molar-refractivity contribution in [3.63, 3.8) is 0 Å². The van der Waals surface area contributed by atoms with E-state index in [1.165, 1.54) is 36.4 Å². The summed E-state index contributed by atoms with van der Waals surface area (Å²) in [7, 11) is -10.2. The zero-order valence-electron chi connectivity index (χ0n) is 34.3. The molecule has 2 aromatic heterocycles. The van der Waals surface area contributed by atoms with Crippen LogP contribution in [0.25, 0.3) is 12.2 Å². The number of nitrogens with zero attached hydrogens (tertiary/aromatic N) is 10. The maximum atomic E-state index is 12.6. The van der Waals surface area contributed by atoms with Gasteiger partial charge in [-0.1, -0.05) is 24.3 Å². The summed E-state index contributed by atoms with van der Waals surface area (Å²) in [4.78, 5) is 34.3. The van der Waals surface area contributed by atoms with Crippen molar-refractivity contribution >= 4 is 79.5 Å². The second-order valence-electron chi connectivity index (χ2n) is 13.9. The van der Waals surface area contributed by atoms with Gasteiger partial charge in [0.2, 0.25) is 35.7 Å². The van der Waals surface area contributed by atoms with Crippen LogP contribution in [-0.4, -0.2) is 161 Å². The molecule has 4 aliphatic rings. The second-order valence-corrected chi connectivity index (χ2v) is 16.6. The Morgan fingerprint density at radius 1 is 0.468 bits per heavy atom. The van der Waals surface area contributed by atoms with Crippen LogP contribution in [0, 0.1) is 0 Å². The number of anilines is 8. The van der Waals surface area contributed by atoms with E-state index in [0.717, 1.165) is 12.1 Å². The first-order valence-corrected chi connectivity index (χ1v) is 22.0. The largest absolute Gasteiger partial charge is 1.00 e. The molecule has 0 spiro atoms. The SMILES string of the molecule is O=S(=O)([O-])c1cc(Nc2nc(N3CCOCC3)nc(N3CCOCC3)n2)ccc1/C=C/c1ccc(Nc2nc(N3CCOCC3)nc(N3CCOCC3)n2)cc1S(=O)(=O)[O-].[Na+].[Na+]. The molecule has 0 atom stereocenters. The number of morpholine rings is 4. The molecule has 26 heteroatoms. The molecular weight excluding hydrogens is 871 g/mol. The predicted molar refractivity (Wildman–Crippen MR) is 216 cm³/mol. The van der Waals surface area contributed by atoms with Gasteiger partial charge in [-0.25, -0.2) is 16.8 Å². The molecule has 6 heterocycles. The van der Waals surface area contributed by atoms with Gasteiger partial charge in [0.25, 0.3) is 0 Å². The number of rotatable bonds is 12. The standard InChI is InChI=1S/C36H44N12O10S2.2Na/c49-59(50,51)29-23-27(37-31-39-33(45-7-15-55-16-8-45)43-34(40-31)46-9-17-56-18-10-46)5-3-25(29)1-2-26-4-6-28(24-30(26)60(52,53)54)38-32-41-35(47-11-19-57-20-12-47)44-36(42-32)48-13-21-58-22-14-48;;/h1-6,23-24H,7-22H2,(H,49,50,51)(H,52,53,54)(H,37,39,40,43)(H,38,41,42,44);;/q;2*+1/p-2/b2-1+;;. The van der Waals surface area contributed by atoms with Gasteiger partial charge in [-0.3, -0.25) is 0 Å². The van der Waals surface area contributed by atoms with Crippen LogP contribution < -0.4 is 89.3 Å². The smallest absolute Gasteiger partial charge is 0.744 e. The molecule has 0 saturated carbocycles. The van der Waals surface area contributed by atoms with E-state index in [9.17, 15) is 25.9 Å². The van der Waals surface area contributed by atoms with Gasteiger partial charge in [-0.05, 0) is 35.4 Å². The first kappa shape index (κ1) is 48.1. The van der Waals surface area contributed by atoms with Crippen LogP contribution in [0.1, 0.15) is 11.1 Å². The normalized spacial score (nSPS) is 17.6. The Hall–Kier alpha value is -3.34. The van der Waals surface area contributed by atoms with Crippen LogP contribution in [0.5, 0.6) is 0 Å². The van der Waals surface area contributed by atoms with E-state index in [-0.39, 0.29) is 93.5 Å². The van der Waals surface area contributed by atoms with Crippen molar-refractivity contribution in [2.45, 2.75) is 9.79 Å². The van der Waals surface area contributed by atoms with Crippen molar-refractivity contribution in [1.82, 2.24) is 29.9 Å². The Morgan fingerprint density at radius 2 is 0.742 bits per heavy atom. The summed E-state index contributed by atoms with van der Waals surface area (Å²) in [6.45, 7) is 8.47. The minimum Gasteiger partial charge on any atom is -0.744 e. The molecule has 320 valence electrons. The van der Waals surface area contributed by atoms with Crippen molar-refractivity contribution in [3.8, 4) is 0 Å². The number of ether oxygens (including phenoxy) is 4. The van der Waals surface area contributed by atoms with Gasteiger partial charge in [0.15, 0.2) is 0 Å². The number of aromatic nitrogens is 6. The van der Waals surface area contributed by atoms with Gasteiger partial charge >= 0.3 is 59.1 Å². The number of hydrogen-bond acceptors (Lipinski definition) is 22. The molecule has 0 amide bonds. The third-order valence-electron chi connectivity index (χ3n) is 9.92. The Kier molecular flexibility index (Phi) is 16.7. The topological polar surface area (TPSA) is 266 Å².